The van der Waals surface area contributed by atoms with Crippen molar-refractivity contribution >= 4 is 33.8 Å². The summed E-state index contributed by atoms with van der Waals surface area (Å²) in [5.74, 6) is 1.17. The number of aromatic nitrogens is 2. The Morgan fingerprint density at radius 1 is 1.06 bits per heavy atom. The molecule has 0 aliphatic heterocycles. The number of thiazole rings is 1. The highest BCUT2D eigenvalue weighted by atomic mass is 32.1. The van der Waals surface area contributed by atoms with E-state index in [4.69, 9.17) is 9.47 Å². The van der Waals surface area contributed by atoms with Gasteiger partial charge in [0.25, 0.3) is 5.91 Å². The van der Waals surface area contributed by atoms with Gasteiger partial charge in [0.1, 0.15) is 23.0 Å². The lowest BCUT2D eigenvalue weighted by atomic mass is 10.2. The first kappa shape index (κ1) is 22.3. The maximum Gasteiger partial charge on any atom is 0.267 e. The number of fused-ring (bicyclic) bond motifs is 1. The number of imidazole rings is 1. The second kappa shape index (κ2) is 9.74. The van der Waals surface area contributed by atoms with Gasteiger partial charge in [-0.2, -0.15) is 0 Å². The molecule has 0 spiro atoms. The number of rotatable bonds is 8. The molecule has 2 heterocycles. The van der Waals surface area contributed by atoms with Crippen LogP contribution in [0.15, 0.2) is 54.7 Å². The Morgan fingerprint density at radius 2 is 1.76 bits per heavy atom. The van der Waals surface area contributed by atoms with Crippen LogP contribution in [0.4, 0.5) is 5.69 Å². The van der Waals surface area contributed by atoms with Crippen LogP contribution in [-0.2, 0) is 4.79 Å². The van der Waals surface area contributed by atoms with Crippen molar-refractivity contribution in [2.45, 2.75) is 13.8 Å². The number of anilines is 1. The predicted octanol–water partition coefficient (Wildman–Crippen LogP) is 4.15. The number of aryl methyl sites for hydroxylation is 1. The monoisotopic (exact) mass is 464 g/mol. The van der Waals surface area contributed by atoms with E-state index in [0.29, 0.717) is 29.5 Å². The Morgan fingerprint density at radius 3 is 2.39 bits per heavy atom. The third kappa shape index (κ3) is 5.15. The average molecular weight is 465 g/mol. The topological polar surface area (TPSA) is 94.0 Å². The van der Waals surface area contributed by atoms with Gasteiger partial charge in [0.05, 0.1) is 19.3 Å². The van der Waals surface area contributed by atoms with Gasteiger partial charge in [-0.05, 0) is 55.5 Å². The second-order valence-electron chi connectivity index (χ2n) is 7.33. The van der Waals surface area contributed by atoms with Crippen LogP contribution in [0.25, 0.3) is 16.2 Å². The molecule has 170 valence electrons. The zero-order valence-corrected chi connectivity index (χ0v) is 19.4. The molecule has 0 aliphatic carbocycles. The molecule has 2 amide bonds. The van der Waals surface area contributed by atoms with Crippen molar-refractivity contribution in [2.75, 3.05) is 25.6 Å². The SMILES string of the molecule is COc1ccc(-c2cn3c(C)c(C(=O)Nc4ccc(OCCNC(C)=O)cc4)sc3n2)cc1. The highest BCUT2D eigenvalue weighted by molar-refractivity contribution is 7.19. The van der Waals surface area contributed by atoms with Gasteiger partial charge in [0.15, 0.2) is 4.96 Å². The molecule has 0 unspecified atom stereocenters. The first-order chi connectivity index (χ1) is 15.9. The number of hydrogen-bond donors (Lipinski definition) is 2. The van der Waals surface area contributed by atoms with Crippen LogP contribution < -0.4 is 20.1 Å². The molecule has 0 aliphatic rings. The zero-order valence-electron chi connectivity index (χ0n) is 18.5. The third-order valence-electron chi connectivity index (χ3n) is 5.01. The summed E-state index contributed by atoms with van der Waals surface area (Å²) in [6.45, 7) is 4.18. The fourth-order valence-electron chi connectivity index (χ4n) is 3.28. The van der Waals surface area contributed by atoms with Crippen molar-refractivity contribution in [3.63, 3.8) is 0 Å². The molecular formula is C24H24N4O4S. The summed E-state index contributed by atoms with van der Waals surface area (Å²) in [4.78, 5) is 29.8. The Hall–Kier alpha value is -3.85. The molecule has 0 saturated heterocycles. The largest absolute Gasteiger partial charge is 0.497 e. The second-order valence-corrected chi connectivity index (χ2v) is 8.31. The van der Waals surface area contributed by atoms with Gasteiger partial charge in [-0.3, -0.25) is 14.0 Å². The molecule has 0 saturated carbocycles. The number of ether oxygens (including phenoxy) is 2. The van der Waals surface area contributed by atoms with Gasteiger partial charge in [-0.15, -0.1) is 0 Å². The standard InChI is InChI=1S/C24H24N4O4S/c1-15-22(23(30)26-18-6-10-20(11-7-18)32-13-12-25-16(2)29)33-24-27-21(14-28(15)24)17-4-8-19(31-3)9-5-17/h4-11,14H,12-13H2,1-3H3,(H,25,29)(H,26,30). The molecule has 0 fully saturated rings. The van der Waals surface area contributed by atoms with E-state index in [1.165, 1.54) is 18.3 Å². The van der Waals surface area contributed by atoms with Crippen molar-refractivity contribution in [1.82, 2.24) is 14.7 Å². The number of nitrogens with one attached hydrogen (secondary N) is 2. The molecule has 0 bridgehead atoms. The lowest BCUT2D eigenvalue weighted by Gasteiger charge is -2.08. The Labute approximate surface area is 195 Å². The van der Waals surface area contributed by atoms with Gasteiger partial charge in [-0.1, -0.05) is 11.3 Å². The zero-order chi connectivity index (χ0) is 23.4. The van der Waals surface area contributed by atoms with Crippen molar-refractivity contribution in [1.29, 1.82) is 0 Å². The number of carbonyl (C=O) groups excluding carboxylic acids is 2. The molecule has 0 atom stereocenters. The first-order valence-corrected chi connectivity index (χ1v) is 11.2. The molecule has 8 nitrogen and oxygen atoms in total. The Balaban J connectivity index is 1.42. The lowest BCUT2D eigenvalue weighted by molar-refractivity contribution is -0.119. The Kier molecular flexibility index (Phi) is 6.60. The molecule has 9 heteroatoms. The number of amides is 2. The highest BCUT2D eigenvalue weighted by Crippen LogP contribution is 2.29. The average Bonchev–Trinajstić information content (AvgIpc) is 3.37. The van der Waals surface area contributed by atoms with E-state index in [9.17, 15) is 9.59 Å². The number of hydrogen-bond acceptors (Lipinski definition) is 6. The van der Waals surface area contributed by atoms with Crippen molar-refractivity contribution in [3.05, 3.63) is 65.3 Å². The fraction of sp³-hybridized carbons (Fsp3) is 0.208. The quantitative estimate of drug-likeness (QED) is 0.382. The minimum Gasteiger partial charge on any atom is -0.497 e. The van der Waals surface area contributed by atoms with Crippen LogP contribution in [0.3, 0.4) is 0 Å². The van der Waals surface area contributed by atoms with Crippen molar-refractivity contribution in [3.8, 4) is 22.8 Å². The van der Waals surface area contributed by atoms with Gasteiger partial charge >= 0.3 is 0 Å². The fourth-order valence-corrected chi connectivity index (χ4v) is 4.28. The maximum atomic E-state index is 12.9. The van der Waals surface area contributed by atoms with Crippen LogP contribution in [0.5, 0.6) is 11.5 Å². The molecule has 4 rings (SSSR count). The van der Waals surface area contributed by atoms with Gasteiger partial charge < -0.3 is 20.1 Å². The van der Waals surface area contributed by atoms with Crippen molar-refractivity contribution in [2.24, 2.45) is 0 Å². The summed E-state index contributed by atoms with van der Waals surface area (Å²) in [7, 11) is 1.64. The third-order valence-corrected chi connectivity index (χ3v) is 6.16. The molecule has 4 aromatic rings. The summed E-state index contributed by atoms with van der Waals surface area (Å²) in [6.07, 6.45) is 1.94. The lowest BCUT2D eigenvalue weighted by Crippen LogP contribution is -2.25. The Bertz CT molecular complexity index is 1280. The van der Waals surface area contributed by atoms with Crippen LogP contribution in [0.1, 0.15) is 22.3 Å². The van der Waals surface area contributed by atoms with Crippen LogP contribution in [-0.4, -0.2) is 41.5 Å². The van der Waals surface area contributed by atoms with Gasteiger partial charge in [0, 0.05) is 30.1 Å². The number of carbonyl (C=O) groups is 2. The summed E-state index contributed by atoms with van der Waals surface area (Å²) < 4.78 is 12.7. The van der Waals surface area contributed by atoms with Crippen LogP contribution in [0, 0.1) is 6.92 Å². The minimum atomic E-state index is -0.187. The van der Waals surface area contributed by atoms with E-state index in [2.05, 4.69) is 15.6 Å². The van der Waals surface area contributed by atoms with E-state index >= 15 is 0 Å². The molecular weight excluding hydrogens is 440 g/mol. The number of methoxy groups -OCH3 is 1. The van der Waals surface area contributed by atoms with E-state index < -0.39 is 0 Å². The summed E-state index contributed by atoms with van der Waals surface area (Å²) >= 11 is 1.35. The highest BCUT2D eigenvalue weighted by Gasteiger charge is 2.18. The summed E-state index contributed by atoms with van der Waals surface area (Å²) in [5.41, 5.74) is 3.32. The number of nitrogens with zero attached hydrogens (tertiary/aromatic N) is 2. The maximum absolute atomic E-state index is 12.9. The van der Waals surface area contributed by atoms with E-state index in [-0.39, 0.29) is 11.8 Å². The molecule has 33 heavy (non-hydrogen) atoms. The van der Waals surface area contributed by atoms with Crippen LogP contribution in [0.2, 0.25) is 0 Å². The normalized spacial score (nSPS) is 10.8. The van der Waals surface area contributed by atoms with Gasteiger partial charge in [-0.25, -0.2) is 4.98 Å². The van der Waals surface area contributed by atoms with Crippen molar-refractivity contribution < 1.29 is 19.1 Å². The summed E-state index contributed by atoms with van der Waals surface area (Å²) in [5, 5.41) is 5.59. The van der Waals surface area contributed by atoms with Gasteiger partial charge in [0.2, 0.25) is 5.91 Å². The molecule has 0 radical (unpaired) electrons. The van der Waals surface area contributed by atoms with E-state index in [1.54, 1.807) is 31.4 Å². The smallest absolute Gasteiger partial charge is 0.267 e. The van der Waals surface area contributed by atoms with Crippen LogP contribution >= 0.6 is 11.3 Å². The predicted molar refractivity (Wildman–Crippen MR) is 128 cm³/mol. The number of benzene rings is 2. The van der Waals surface area contributed by atoms with E-state index in [1.807, 2.05) is 41.8 Å². The molecule has 2 aromatic heterocycles. The first-order valence-electron chi connectivity index (χ1n) is 10.4. The van der Waals surface area contributed by atoms with E-state index in [0.717, 1.165) is 27.7 Å². The summed E-state index contributed by atoms with van der Waals surface area (Å²) in [6, 6.07) is 14.8. The molecule has 2 N–H and O–H groups in total. The molecule has 2 aromatic carbocycles. The minimum absolute atomic E-state index is 0.0927.